The molecule has 30 heavy (non-hydrogen) atoms. The average Bonchev–Trinajstić information content (AvgIpc) is 3.18. The third kappa shape index (κ3) is 2.85. The Hall–Kier alpha value is -3.04. The van der Waals surface area contributed by atoms with Gasteiger partial charge in [0.25, 0.3) is 0 Å². The number of hydrogen-bond donors (Lipinski definition) is 1. The Labute approximate surface area is 181 Å². The molecule has 1 atom stereocenters. The fourth-order valence-corrected chi connectivity index (χ4v) is 5.23. The number of hydrogen-bond acceptors (Lipinski definition) is 1. The molecule has 0 spiro atoms. The lowest BCUT2D eigenvalue weighted by atomic mass is 9.86. The normalized spacial score (nSPS) is 18.4. The molecule has 2 aliphatic heterocycles. The number of nitrogens with one attached hydrogen (secondary N) is 1. The van der Waals surface area contributed by atoms with Gasteiger partial charge in [-0.3, -0.25) is 0 Å². The van der Waals surface area contributed by atoms with Gasteiger partial charge in [-0.15, -0.1) is 0 Å². The SMILES string of the molecule is Clc1ccc(N2CC(c3ccccc3)C3=[N+](CCc4c3[nH]c3ccccc43)C2)cc1. The summed E-state index contributed by atoms with van der Waals surface area (Å²) < 4.78 is 2.56. The molecule has 3 aromatic carbocycles. The predicted octanol–water partition coefficient (Wildman–Crippen LogP) is 5.44. The highest BCUT2D eigenvalue weighted by atomic mass is 35.5. The summed E-state index contributed by atoms with van der Waals surface area (Å²) in [6.45, 7) is 2.89. The highest BCUT2D eigenvalue weighted by Crippen LogP contribution is 2.35. The fourth-order valence-electron chi connectivity index (χ4n) is 5.10. The molecule has 6 rings (SSSR count). The van der Waals surface area contributed by atoms with Crippen LogP contribution in [0.25, 0.3) is 10.9 Å². The van der Waals surface area contributed by atoms with E-state index in [1.807, 2.05) is 12.1 Å². The van der Waals surface area contributed by atoms with E-state index in [1.165, 1.54) is 39.1 Å². The van der Waals surface area contributed by atoms with Crippen LogP contribution in [0.2, 0.25) is 5.02 Å². The van der Waals surface area contributed by atoms with Crippen LogP contribution in [0, 0.1) is 0 Å². The molecule has 0 amide bonds. The minimum atomic E-state index is 0.308. The van der Waals surface area contributed by atoms with Gasteiger partial charge in [-0.1, -0.05) is 60.1 Å². The number of H-pyrrole nitrogens is 1. The van der Waals surface area contributed by atoms with Crippen molar-refractivity contribution in [2.45, 2.75) is 12.3 Å². The molecular weight excluding hydrogens is 390 g/mol. The minimum Gasteiger partial charge on any atom is -0.350 e. The van der Waals surface area contributed by atoms with Crippen LogP contribution in [-0.2, 0) is 6.42 Å². The van der Waals surface area contributed by atoms with Crippen molar-refractivity contribution in [3.05, 3.63) is 101 Å². The first-order valence-corrected chi connectivity index (χ1v) is 10.9. The Morgan fingerprint density at radius 2 is 1.67 bits per heavy atom. The van der Waals surface area contributed by atoms with E-state index in [0.29, 0.717) is 5.92 Å². The molecule has 0 saturated heterocycles. The second-order valence-corrected chi connectivity index (χ2v) is 8.66. The van der Waals surface area contributed by atoms with E-state index in [1.54, 1.807) is 0 Å². The summed E-state index contributed by atoms with van der Waals surface area (Å²) in [4.78, 5) is 6.24. The molecule has 0 aliphatic carbocycles. The van der Waals surface area contributed by atoms with Crippen molar-refractivity contribution >= 4 is 33.9 Å². The molecule has 3 heterocycles. The van der Waals surface area contributed by atoms with Gasteiger partial charge >= 0.3 is 0 Å². The molecule has 2 aliphatic rings. The average molecular weight is 413 g/mol. The number of aromatic amines is 1. The van der Waals surface area contributed by atoms with Crippen molar-refractivity contribution in [1.82, 2.24) is 4.98 Å². The van der Waals surface area contributed by atoms with Gasteiger partial charge in [0.2, 0.25) is 12.4 Å². The van der Waals surface area contributed by atoms with E-state index >= 15 is 0 Å². The maximum atomic E-state index is 6.14. The third-order valence-corrected chi connectivity index (χ3v) is 6.76. The Morgan fingerprint density at radius 3 is 2.50 bits per heavy atom. The maximum Gasteiger partial charge on any atom is 0.219 e. The van der Waals surface area contributed by atoms with Crippen molar-refractivity contribution < 1.29 is 4.58 Å². The summed E-state index contributed by atoms with van der Waals surface area (Å²) in [5.74, 6) is 0.308. The van der Waals surface area contributed by atoms with Crippen molar-refractivity contribution in [1.29, 1.82) is 0 Å². The largest absolute Gasteiger partial charge is 0.350 e. The van der Waals surface area contributed by atoms with Gasteiger partial charge in [0, 0.05) is 34.6 Å². The van der Waals surface area contributed by atoms with Crippen LogP contribution in [0.3, 0.4) is 0 Å². The third-order valence-electron chi connectivity index (χ3n) is 6.51. The number of halogens is 1. The molecule has 148 valence electrons. The zero-order valence-electron chi connectivity index (χ0n) is 16.7. The highest BCUT2D eigenvalue weighted by molar-refractivity contribution is 6.30. The quantitative estimate of drug-likeness (QED) is 0.435. The molecule has 0 fully saturated rings. The molecule has 4 aromatic rings. The Kier molecular flexibility index (Phi) is 4.17. The summed E-state index contributed by atoms with van der Waals surface area (Å²) in [6, 6.07) is 27.9. The lowest BCUT2D eigenvalue weighted by Gasteiger charge is -2.35. The number of aromatic nitrogens is 1. The van der Waals surface area contributed by atoms with Crippen molar-refractivity contribution in [3.8, 4) is 0 Å². The van der Waals surface area contributed by atoms with Crippen LogP contribution in [0.1, 0.15) is 22.7 Å². The van der Waals surface area contributed by atoms with E-state index in [4.69, 9.17) is 11.6 Å². The van der Waals surface area contributed by atoms with Gasteiger partial charge in [0.15, 0.2) is 0 Å². The highest BCUT2D eigenvalue weighted by Gasteiger charge is 2.40. The second-order valence-electron chi connectivity index (χ2n) is 8.23. The van der Waals surface area contributed by atoms with Gasteiger partial charge in [-0.25, -0.2) is 4.58 Å². The lowest BCUT2D eigenvalue weighted by molar-refractivity contribution is -0.532. The van der Waals surface area contributed by atoms with Crippen LogP contribution in [0.15, 0.2) is 78.9 Å². The van der Waals surface area contributed by atoms with Crippen LogP contribution in [-0.4, -0.2) is 35.0 Å². The molecule has 3 nitrogen and oxygen atoms in total. The van der Waals surface area contributed by atoms with E-state index in [0.717, 1.165) is 31.2 Å². The number of rotatable bonds is 2. The van der Waals surface area contributed by atoms with Crippen LogP contribution < -0.4 is 4.90 Å². The number of fused-ring (bicyclic) bond motifs is 4. The Balaban J connectivity index is 1.51. The van der Waals surface area contributed by atoms with E-state index < -0.39 is 0 Å². The first-order valence-electron chi connectivity index (χ1n) is 10.5. The summed E-state index contributed by atoms with van der Waals surface area (Å²) in [6.07, 6.45) is 1.07. The molecule has 0 bridgehead atoms. The Morgan fingerprint density at radius 1 is 0.900 bits per heavy atom. The molecular formula is C26H23ClN3+. The second kappa shape index (κ2) is 7.03. The van der Waals surface area contributed by atoms with E-state index in [2.05, 4.69) is 81.2 Å². The molecule has 0 saturated carbocycles. The summed E-state index contributed by atoms with van der Waals surface area (Å²) in [7, 11) is 0. The molecule has 4 heteroatoms. The fraction of sp³-hybridized carbons (Fsp3) is 0.192. The Bertz CT molecular complexity index is 1250. The standard InChI is InChI=1S/C26H22ClN3/c27-19-10-12-20(13-11-19)30-16-23(18-6-2-1-3-7-18)26-25-22(14-15-29(26)17-30)21-8-4-5-9-24(21)28-25/h1-13,23H,14-17H2/p+1. The van der Waals surface area contributed by atoms with E-state index in [9.17, 15) is 0 Å². The van der Waals surface area contributed by atoms with Crippen molar-refractivity contribution in [3.63, 3.8) is 0 Å². The van der Waals surface area contributed by atoms with Gasteiger partial charge in [0.1, 0.15) is 12.2 Å². The molecule has 1 unspecified atom stereocenters. The zero-order valence-corrected chi connectivity index (χ0v) is 17.4. The number of benzene rings is 3. The van der Waals surface area contributed by atoms with E-state index in [-0.39, 0.29) is 0 Å². The smallest absolute Gasteiger partial charge is 0.219 e. The number of para-hydroxylation sites is 1. The van der Waals surface area contributed by atoms with Crippen molar-refractivity contribution in [2.24, 2.45) is 0 Å². The zero-order chi connectivity index (χ0) is 20.1. The molecule has 1 aromatic heterocycles. The van der Waals surface area contributed by atoms with Crippen LogP contribution in [0.4, 0.5) is 5.69 Å². The summed E-state index contributed by atoms with van der Waals surface area (Å²) in [5, 5.41) is 2.15. The minimum absolute atomic E-state index is 0.308. The van der Waals surface area contributed by atoms with Gasteiger partial charge in [-0.2, -0.15) is 0 Å². The van der Waals surface area contributed by atoms with Gasteiger partial charge in [-0.05, 0) is 41.5 Å². The number of nitrogens with zero attached hydrogens (tertiary/aromatic N) is 2. The first-order chi connectivity index (χ1) is 14.8. The summed E-state index contributed by atoms with van der Waals surface area (Å²) in [5.41, 5.74) is 8.06. The lowest BCUT2D eigenvalue weighted by Crippen LogP contribution is -2.49. The maximum absolute atomic E-state index is 6.14. The van der Waals surface area contributed by atoms with Gasteiger partial charge < -0.3 is 9.88 Å². The predicted molar refractivity (Wildman–Crippen MR) is 124 cm³/mol. The van der Waals surface area contributed by atoms with Gasteiger partial charge in [0.05, 0.1) is 5.92 Å². The molecule has 0 radical (unpaired) electrons. The monoisotopic (exact) mass is 412 g/mol. The number of anilines is 1. The topological polar surface area (TPSA) is 22.0 Å². The molecule has 1 N–H and O–H groups in total. The van der Waals surface area contributed by atoms with Crippen molar-refractivity contribution in [2.75, 3.05) is 24.7 Å². The van der Waals surface area contributed by atoms with Crippen LogP contribution >= 0.6 is 11.6 Å². The first kappa shape index (κ1) is 17.8. The van der Waals surface area contributed by atoms with Crippen LogP contribution in [0.5, 0.6) is 0 Å². The summed E-state index contributed by atoms with van der Waals surface area (Å²) >= 11 is 6.14.